The van der Waals surface area contributed by atoms with E-state index >= 15 is 0 Å². The Morgan fingerprint density at radius 1 is 1.14 bits per heavy atom. The van der Waals surface area contributed by atoms with Gasteiger partial charge in [0.2, 0.25) is 0 Å². The van der Waals surface area contributed by atoms with Crippen LogP contribution in [0.2, 0.25) is 5.02 Å². The van der Waals surface area contributed by atoms with Crippen LogP contribution in [0.25, 0.3) is 5.69 Å². The SMILES string of the molecule is CCCNC(=O)c1ccc(NC(=O)c2nn(-c3ccccc3)cc2OC)cc1Cl. The maximum Gasteiger partial charge on any atom is 0.280 e. The number of amides is 2. The second kappa shape index (κ2) is 9.25. The number of hydrogen-bond donors (Lipinski definition) is 2. The number of carbonyl (C=O) groups excluding carboxylic acids is 2. The summed E-state index contributed by atoms with van der Waals surface area (Å²) in [5, 5.41) is 10.1. The average Bonchev–Trinajstić information content (AvgIpc) is 3.17. The third-order valence-corrected chi connectivity index (χ3v) is 4.46. The van der Waals surface area contributed by atoms with Crippen molar-refractivity contribution < 1.29 is 14.3 Å². The largest absolute Gasteiger partial charge is 0.493 e. The van der Waals surface area contributed by atoms with E-state index in [9.17, 15) is 9.59 Å². The summed E-state index contributed by atoms with van der Waals surface area (Å²) in [6.45, 7) is 2.53. The number of anilines is 1. The number of halogens is 1. The van der Waals surface area contributed by atoms with Crippen LogP contribution in [-0.2, 0) is 0 Å². The van der Waals surface area contributed by atoms with Crippen LogP contribution in [0.1, 0.15) is 34.2 Å². The van der Waals surface area contributed by atoms with Crippen LogP contribution in [0.5, 0.6) is 5.75 Å². The molecule has 7 nitrogen and oxygen atoms in total. The van der Waals surface area contributed by atoms with Crippen LogP contribution < -0.4 is 15.4 Å². The van der Waals surface area contributed by atoms with E-state index in [1.807, 2.05) is 37.3 Å². The number of aromatic nitrogens is 2. The minimum Gasteiger partial charge on any atom is -0.493 e. The van der Waals surface area contributed by atoms with Crippen molar-refractivity contribution in [3.05, 3.63) is 71.0 Å². The van der Waals surface area contributed by atoms with Crippen LogP contribution in [0.4, 0.5) is 5.69 Å². The fourth-order valence-electron chi connectivity index (χ4n) is 2.68. The summed E-state index contributed by atoms with van der Waals surface area (Å²) >= 11 is 6.22. The van der Waals surface area contributed by atoms with Gasteiger partial charge in [0.15, 0.2) is 11.4 Å². The molecule has 0 atom stereocenters. The molecule has 0 radical (unpaired) electrons. The maximum atomic E-state index is 12.7. The predicted molar refractivity (Wildman–Crippen MR) is 112 cm³/mol. The molecule has 3 rings (SSSR count). The van der Waals surface area contributed by atoms with Crippen molar-refractivity contribution in [2.24, 2.45) is 0 Å². The zero-order valence-corrected chi connectivity index (χ0v) is 16.9. The monoisotopic (exact) mass is 412 g/mol. The predicted octanol–water partition coefficient (Wildman–Crippen LogP) is 3.93. The Morgan fingerprint density at radius 2 is 1.90 bits per heavy atom. The van der Waals surface area contributed by atoms with Gasteiger partial charge in [0.25, 0.3) is 11.8 Å². The minimum absolute atomic E-state index is 0.136. The molecule has 2 N–H and O–H groups in total. The molecular weight excluding hydrogens is 392 g/mol. The Labute approximate surface area is 173 Å². The number of rotatable bonds is 7. The van der Waals surface area contributed by atoms with Gasteiger partial charge in [0.05, 0.1) is 29.6 Å². The maximum absolute atomic E-state index is 12.7. The van der Waals surface area contributed by atoms with Gasteiger partial charge in [-0.1, -0.05) is 36.7 Å². The molecule has 2 amide bonds. The van der Waals surface area contributed by atoms with Gasteiger partial charge in [-0.05, 0) is 36.8 Å². The van der Waals surface area contributed by atoms with Crippen molar-refractivity contribution in [2.75, 3.05) is 19.0 Å². The van der Waals surface area contributed by atoms with Gasteiger partial charge < -0.3 is 15.4 Å². The highest BCUT2D eigenvalue weighted by molar-refractivity contribution is 6.34. The van der Waals surface area contributed by atoms with Crippen molar-refractivity contribution in [1.29, 1.82) is 0 Å². The van der Waals surface area contributed by atoms with E-state index in [0.717, 1.165) is 12.1 Å². The molecule has 2 aromatic carbocycles. The molecule has 0 saturated carbocycles. The van der Waals surface area contributed by atoms with Crippen LogP contribution in [0.15, 0.2) is 54.7 Å². The molecule has 150 valence electrons. The molecule has 0 saturated heterocycles. The zero-order chi connectivity index (χ0) is 20.8. The molecule has 0 aliphatic carbocycles. The number of ether oxygens (including phenoxy) is 1. The molecule has 8 heteroatoms. The van der Waals surface area contributed by atoms with E-state index in [-0.39, 0.29) is 16.6 Å². The van der Waals surface area contributed by atoms with Crippen molar-refractivity contribution in [1.82, 2.24) is 15.1 Å². The molecule has 0 bridgehead atoms. The molecular formula is C21H21ClN4O3. The summed E-state index contributed by atoms with van der Waals surface area (Å²) in [6.07, 6.45) is 2.47. The van der Waals surface area contributed by atoms with Gasteiger partial charge in [-0.3, -0.25) is 9.59 Å². The van der Waals surface area contributed by atoms with Crippen molar-refractivity contribution in [3.63, 3.8) is 0 Å². The summed E-state index contributed by atoms with van der Waals surface area (Å²) in [4.78, 5) is 24.8. The first-order chi connectivity index (χ1) is 14.0. The normalized spacial score (nSPS) is 10.4. The minimum atomic E-state index is -0.448. The first-order valence-electron chi connectivity index (χ1n) is 9.11. The summed E-state index contributed by atoms with van der Waals surface area (Å²) < 4.78 is 6.87. The molecule has 0 unspecified atom stereocenters. The highest BCUT2D eigenvalue weighted by Gasteiger charge is 2.19. The Hall–Kier alpha value is -3.32. The fraction of sp³-hybridized carbons (Fsp3) is 0.190. The van der Waals surface area contributed by atoms with E-state index in [1.54, 1.807) is 23.0 Å². The first kappa shape index (κ1) is 20.4. The quantitative estimate of drug-likeness (QED) is 0.615. The number of carbonyl (C=O) groups is 2. The van der Waals surface area contributed by atoms with E-state index < -0.39 is 5.91 Å². The lowest BCUT2D eigenvalue weighted by molar-refractivity contribution is 0.0953. The van der Waals surface area contributed by atoms with Gasteiger partial charge in [0, 0.05) is 12.2 Å². The number of nitrogens with one attached hydrogen (secondary N) is 2. The first-order valence-corrected chi connectivity index (χ1v) is 9.49. The molecule has 1 heterocycles. The second-order valence-corrected chi connectivity index (χ2v) is 6.64. The third-order valence-electron chi connectivity index (χ3n) is 4.14. The second-order valence-electron chi connectivity index (χ2n) is 6.23. The smallest absolute Gasteiger partial charge is 0.280 e. The van der Waals surface area contributed by atoms with Gasteiger partial charge in [-0.25, -0.2) is 4.68 Å². The fourth-order valence-corrected chi connectivity index (χ4v) is 2.95. The molecule has 0 aliphatic rings. The third kappa shape index (κ3) is 4.75. The number of nitrogens with zero attached hydrogens (tertiary/aromatic N) is 2. The molecule has 0 fully saturated rings. The summed E-state index contributed by atoms with van der Waals surface area (Å²) in [6, 6.07) is 14.1. The van der Waals surface area contributed by atoms with Crippen molar-refractivity contribution >= 4 is 29.1 Å². The molecule has 29 heavy (non-hydrogen) atoms. The summed E-state index contributed by atoms with van der Waals surface area (Å²) in [5.41, 5.74) is 1.74. The van der Waals surface area contributed by atoms with Crippen molar-refractivity contribution in [3.8, 4) is 11.4 Å². The Balaban J connectivity index is 1.79. The van der Waals surface area contributed by atoms with Crippen LogP contribution in [0, 0.1) is 0 Å². The van der Waals surface area contributed by atoms with Gasteiger partial charge >= 0.3 is 0 Å². The standard InChI is InChI=1S/C21H21ClN4O3/c1-3-11-23-20(27)16-10-9-14(12-17(16)22)24-21(28)19-18(29-2)13-26(25-19)15-7-5-4-6-8-15/h4-10,12-13H,3,11H2,1-2H3,(H,23,27)(H,24,28). The number of hydrogen-bond acceptors (Lipinski definition) is 4. The topological polar surface area (TPSA) is 85.3 Å². The van der Waals surface area contributed by atoms with E-state index in [2.05, 4.69) is 15.7 Å². The van der Waals surface area contributed by atoms with E-state index in [1.165, 1.54) is 13.2 Å². The van der Waals surface area contributed by atoms with Gasteiger partial charge in [-0.2, -0.15) is 5.10 Å². The number of para-hydroxylation sites is 1. The zero-order valence-electron chi connectivity index (χ0n) is 16.1. The van der Waals surface area contributed by atoms with Crippen molar-refractivity contribution in [2.45, 2.75) is 13.3 Å². The Morgan fingerprint density at radius 3 is 2.55 bits per heavy atom. The molecule has 0 aliphatic heterocycles. The number of methoxy groups -OCH3 is 1. The summed E-state index contributed by atoms with van der Waals surface area (Å²) in [5.74, 6) is -0.359. The number of benzene rings is 2. The van der Waals surface area contributed by atoms with Gasteiger partial charge in [0.1, 0.15) is 0 Å². The van der Waals surface area contributed by atoms with E-state index in [0.29, 0.717) is 23.5 Å². The van der Waals surface area contributed by atoms with Crippen LogP contribution in [-0.4, -0.2) is 35.2 Å². The highest BCUT2D eigenvalue weighted by atomic mass is 35.5. The van der Waals surface area contributed by atoms with Crippen LogP contribution in [0.3, 0.4) is 0 Å². The summed E-state index contributed by atoms with van der Waals surface area (Å²) in [7, 11) is 1.48. The molecule has 3 aromatic rings. The van der Waals surface area contributed by atoms with Gasteiger partial charge in [-0.15, -0.1) is 0 Å². The lowest BCUT2D eigenvalue weighted by Crippen LogP contribution is -2.24. The Bertz CT molecular complexity index is 1020. The Kier molecular flexibility index (Phi) is 6.51. The van der Waals surface area contributed by atoms with Crippen LogP contribution >= 0.6 is 11.6 Å². The lowest BCUT2D eigenvalue weighted by atomic mass is 10.2. The highest BCUT2D eigenvalue weighted by Crippen LogP contribution is 2.24. The van der Waals surface area contributed by atoms with E-state index in [4.69, 9.17) is 16.3 Å². The average molecular weight is 413 g/mol. The molecule has 0 spiro atoms. The molecule has 1 aromatic heterocycles. The lowest BCUT2D eigenvalue weighted by Gasteiger charge is -2.09.